The summed E-state index contributed by atoms with van der Waals surface area (Å²) in [6.45, 7) is 4.93. The number of rotatable bonds is 6. The van der Waals surface area contributed by atoms with Crippen molar-refractivity contribution in [2.24, 2.45) is 5.92 Å². The summed E-state index contributed by atoms with van der Waals surface area (Å²) in [5.41, 5.74) is -0.198. The van der Waals surface area contributed by atoms with E-state index in [0.717, 1.165) is 12.2 Å². The molecule has 1 aliphatic carbocycles. The summed E-state index contributed by atoms with van der Waals surface area (Å²) < 4.78 is 0. The molecule has 0 heterocycles. The third-order valence-corrected chi connectivity index (χ3v) is 2.73. The molecule has 0 aromatic rings. The minimum atomic E-state index is -1.10. The Hall–Kier alpha value is -2.44. The van der Waals surface area contributed by atoms with Crippen LogP contribution >= 0.6 is 0 Å². The van der Waals surface area contributed by atoms with Crippen LogP contribution in [0.1, 0.15) is 27.2 Å². The zero-order valence-electron chi connectivity index (χ0n) is 12.1. The number of carboxylic acids is 1. The fraction of sp³-hybridized carbons (Fsp3) is 0.429. The molecule has 0 aromatic heterocycles. The Morgan fingerprint density at radius 1 is 1.14 bits per heavy atom. The number of carbonyl (C=O) groups is 4. The number of carboxylic acid groups (broad SMARTS) is 1. The molecule has 3 N–H and O–H groups in total. The number of aliphatic carboxylic acids is 1. The standard InChI is InChI=1S/C14H18N2O5/c1-7(2)4-11(14(20)21)16-10-6-12(18)9(5-13(10)19)15-8(3)17/h5-7,11,16H,4H2,1-3H3,(H,15,17)(H,20,21)/t11-/m0/s1. The third kappa shape index (κ3) is 4.87. The molecule has 1 amide bonds. The first kappa shape index (κ1) is 16.6. The van der Waals surface area contributed by atoms with Gasteiger partial charge in [-0.2, -0.15) is 0 Å². The minimum absolute atomic E-state index is 0.0813. The van der Waals surface area contributed by atoms with Crippen LogP contribution in [0.25, 0.3) is 0 Å². The predicted molar refractivity (Wildman–Crippen MR) is 74.0 cm³/mol. The van der Waals surface area contributed by atoms with Crippen molar-refractivity contribution in [2.75, 3.05) is 0 Å². The molecular weight excluding hydrogens is 276 g/mol. The van der Waals surface area contributed by atoms with Crippen molar-refractivity contribution in [3.63, 3.8) is 0 Å². The molecule has 114 valence electrons. The molecule has 0 spiro atoms. The molecule has 1 rings (SSSR count). The van der Waals surface area contributed by atoms with E-state index in [1.807, 2.05) is 13.8 Å². The smallest absolute Gasteiger partial charge is 0.326 e. The second kappa shape index (κ2) is 6.83. The maximum atomic E-state index is 11.9. The van der Waals surface area contributed by atoms with Gasteiger partial charge in [-0.3, -0.25) is 14.4 Å². The number of hydrogen-bond donors (Lipinski definition) is 3. The van der Waals surface area contributed by atoms with Crippen LogP contribution in [-0.4, -0.2) is 34.6 Å². The van der Waals surface area contributed by atoms with Gasteiger partial charge in [-0.05, 0) is 12.3 Å². The fourth-order valence-electron chi connectivity index (χ4n) is 1.84. The number of allylic oxidation sites excluding steroid dienone is 2. The summed E-state index contributed by atoms with van der Waals surface area (Å²) >= 11 is 0. The van der Waals surface area contributed by atoms with Crippen LogP contribution in [0, 0.1) is 5.92 Å². The normalized spacial score (nSPS) is 16.2. The lowest BCUT2D eigenvalue weighted by Crippen LogP contribution is -2.41. The molecule has 7 heteroatoms. The van der Waals surface area contributed by atoms with Crippen molar-refractivity contribution in [3.05, 3.63) is 23.5 Å². The van der Waals surface area contributed by atoms with Gasteiger partial charge in [0.05, 0.1) is 11.4 Å². The van der Waals surface area contributed by atoms with Gasteiger partial charge in [0.25, 0.3) is 0 Å². The molecular formula is C14H18N2O5. The van der Waals surface area contributed by atoms with Gasteiger partial charge >= 0.3 is 5.97 Å². The van der Waals surface area contributed by atoms with Crippen LogP contribution < -0.4 is 10.6 Å². The van der Waals surface area contributed by atoms with Gasteiger partial charge in [-0.15, -0.1) is 0 Å². The topological polar surface area (TPSA) is 113 Å². The molecule has 0 saturated carbocycles. The van der Waals surface area contributed by atoms with Crippen molar-refractivity contribution < 1.29 is 24.3 Å². The highest BCUT2D eigenvalue weighted by Crippen LogP contribution is 2.12. The maximum absolute atomic E-state index is 11.9. The zero-order chi connectivity index (χ0) is 16.2. The largest absolute Gasteiger partial charge is 0.480 e. The lowest BCUT2D eigenvalue weighted by atomic mass is 10.0. The minimum Gasteiger partial charge on any atom is -0.480 e. The first-order valence-electron chi connectivity index (χ1n) is 6.49. The van der Waals surface area contributed by atoms with Gasteiger partial charge in [-0.25, -0.2) is 4.79 Å². The van der Waals surface area contributed by atoms with Gasteiger partial charge in [0.15, 0.2) is 0 Å². The van der Waals surface area contributed by atoms with E-state index in [0.29, 0.717) is 6.42 Å². The lowest BCUT2D eigenvalue weighted by Gasteiger charge is -2.20. The quantitative estimate of drug-likeness (QED) is 0.600. The second-order valence-corrected chi connectivity index (χ2v) is 5.19. The van der Waals surface area contributed by atoms with E-state index in [9.17, 15) is 19.2 Å². The number of nitrogens with one attached hydrogen (secondary N) is 2. The van der Waals surface area contributed by atoms with E-state index >= 15 is 0 Å². The SMILES string of the molecule is CC(=O)NC1=CC(=O)C(N[C@@H](CC(C)C)C(=O)O)=CC1=O. The van der Waals surface area contributed by atoms with E-state index < -0.39 is 29.5 Å². The average Bonchev–Trinajstić information content (AvgIpc) is 2.33. The third-order valence-electron chi connectivity index (χ3n) is 2.73. The Morgan fingerprint density at radius 2 is 1.67 bits per heavy atom. The lowest BCUT2D eigenvalue weighted by molar-refractivity contribution is -0.139. The van der Waals surface area contributed by atoms with Gasteiger partial charge in [0.2, 0.25) is 17.5 Å². The average molecular weight is 294 g/mol. The molecule has 0 fully saturated rings. The summed E-state index contributed by atoms with van der Waals surface area (Å²) in [6.07, 6.45) is 2.31. The van der Waals surface area contributed by atoms with Crippen molar-refractivity contribution in [1.82, 2.24) is 10.6 Å². The Balaban J connectivity index is 2.86. The number of ketones is 2. The van der Waals surface area contributed by atoms with E-state index in [2.05, 4.69) is 10.6 Å². The summed E-state index contributed by atoms with van der Waals surface area (Å²) in [6, 6.07) is -0.955. The first-order valence-corrected chi connectivity index (χ1v) is 6.49. The van der Waals surface area contributed by atoms with Crippen LogP contribution in [0.15, 0.2) is 23.5 Å². The molecule has 1 atom stereocenters. The van der Waals surface area contributed by atoms with Gasteiger partial charge < -0.3 is 15.7 Å². The summed E-state index contributed by atoms with van der Waals surface area (Å²) in [4.78, 5) is 45.7. The predicted octanol–water partition coefficient (Wildman–Crippen LogP) is 0.131. The number of carbonyl (C=O) groups excluding carboxylic acids is 3. The van der Waals surface area contributed by atoms with Crippen molar-refractivity contribution in [3.8, 4) is 0 Å². The molecule has 0 bridgehead atoms. The number of hydrogen-bond acceptors (Lipinski definition) is 5. The van der Waals surface area contributed by atoms with Crippen LogP contribution in [-0.2, 0) is 19.2 Å². The summed E-state index contributed by atoms with van der Waals surface area (Å²) in [5, 5.41) is 13.9. The van der Waals surface area contributed by atoms with Crippen LogP contribution in [0.3, 0.4) is 0 Å². The second-order valence-electron chi connectivity index (χ2n) is 5.19. The van der Waals surface area contributed by atoms with E-state index in [1.54, 1.807) is 0 Å². The van der Waals surface area contributed by atoms with Crippen LogP contribution in [0.5, 0.6) is 0 Å². The molecule has 7 nitrogen and oxygen atoms in total. The van der Waals surface area contributed by atoms with Crippen LogP contribution in [0.2, 0.25) is 0 Å². The Labute approximate surface area is 122 Å². The highest BCUT2D eigenvalue weighted by atomic mass is 16.4. The van der Waals surface area contributed by atoms with Crippen molar-refractivity contribution in [2.45, 2.75) is 33.2 Å². The van der Waals surface area contributed by atoms with Crippen molar-refractivity contribution in [1.29, 1.82) is 0 Å². The highest BCUT2D eigenvalue weighted by Gasteiger charge is 2.26. The van der Waals surface area contributed by atoms with E-state index in [1.165, 1.54) is 6.92 Å². The molecule has 0 unspecified atom stereocenters. The maximum Gasteiger partial charge on any atom is 0.326 e. The Bertz CT molecular complexity index is 546. The van der Waals surface area contributed by atoms with Gasteiger partial charge in [0, 0.05) is 19.1 Å². The zero-order valence-corrected chi connectivity index (χ0v) is 12.1. The molecule has 0 saturated heterocycles. The van der Waals surface area contributed by atoms with Gasteiger partial charge in [-0.1, -0.05) is 13.8 Å². The molecule has 0 aromatic carbocycles. The van der Waals surface area contributed by atoms with Crippen molar-refractivity contribution >= 4 is 23.4 Å². The highest BCUT2D eigenvalue weighted by molar-refractivity contribution is 6.20. The number of amides is 1. The van der Waals surface area contributed by atoms with E-state index in [4.69, 9.17) is 5.11 Å². The molecule has 0 aliphatic heterocycles. The molecule has 21 heavy (non-hydrogen) atoms. The van der Waals surface area contributed by atoms with Gasteiger partial charge in [0.1, 0.15) is 6.04 Å². The molecule has 1 aliphatic rings. The summed E-state index contributed by atoms with van der Waals surface area (Å²) in [7, 11) is 0. The molecule has 0 radical (unpaired) electrons. The Kier molecular flexibility index (Phi) is 5.40. The fourth-order valence-corrected chi connectivity index (χ4v) is 1.84. The van der Waals surface area contributed by atoms with E-state index in [-0.39, 0.29) is 17.3 Å². The first-order chi connectivity index (χ1) is 9.70. The van der Waals surface area contributed by atoms with Crippen LogP contribution in [0.4, 0.5) is 0 Å². The Morgan fingerprint density at radius 3 is 2.14 bits per heavy atom. The monoisotopic (exact) mass is 294 g/mol. The summed E-state index contributed by atoms with van der Waals surface area (Å²) in [5.74, 6) is -2.55.